The molecule has 152 valence electrons. The summed E-state index contributed by atoms with van der Waals surface area (Å²) in [4.78, 5) is 7.04. The van der Waals surface area contributed by atoms with Crippen LogP contribution in [-0.4, -0.2) is 24.7 Å². The average molecular weight is 418 g/mol. The molecule has 0 spiro atoms. The first-order valence-corrected chi connectivity index (χ1v) is 10.8. The summed E-state index contributed by atoms with van der Waals surface area (Å²) in [5.41, 5.74) is 5.17. The fraction of sp³-hybridized carbons (Fsp3) is 0.280. The molecular formula is C25H24ClN3O. The van der Waals surface area contributed by atoms with Crippen molar-refractivity contribution in [3.05, 3.63) is 65.2 Å². The van der Waals surface area contributed by atoms with Gasteiger partial charge in [0.2, 0.25) is 5.88 Å². The molecule has 0 saturated carbocycles. The van der Waals surface area contributed by atoms with E-state index in [-0.39, 0.29) is 0 Å². The first-order valence-electron chi connectivity index (χ1n) is 10.4. The van der Waals surface area contributed by atoms with E-state index in [1.807, 2.05) is 37.3 Å². The van der Waals surface area contributed by atoms with Gasteiger partial charge in [-0.2, -0.15) is 5.26 Å². The topological polar surface area (TPSA) is 49.1 Å². The molecule has 3 aromatic rings. The van der Waals surface area contributed by atoms with Gasteiger partial charge in [-0.25, -0.2) is 4.98 Å². The van der Waals surface area contributed by atoms with Crippen LogP contribution < -0.4 is 9.64 Å². The van der Waals surface area contributed by atoms with E-state index in [4.69, 9.17) is 16.3 Å². The average Bonchev–Trinajstić information content (AvgIpc) is 2.80. The zero-order valence-corrected chi connectivity index (χ0v) is 17.8. The summed E-state index contributed by atoms with van der Waals surface area (Å²) in [6, 6.07) is 20.2. The Hall–Kier alpha value is -3.03. The Kier molecular flexibility index (Phi) is 6.21. The molecule has 30 heavy (non-hydrogen) atoms. The number of nitrogens with zero attached hydrogens (tertiary/aromatic N) is 3. The van der Waals surface area contributed by atoms with Crippen LogP contribution in [-0.2, 0) is 0 Å². The van der Waals surface area contributed by atoms with Crippen molar-refractivity contribution >= 4 is 17.3 Å². The summed E-state index contributed by atoms with van der Waals surface area (Å²) < 4.78 is 5.73. The molecule has 0 N–H and O–H groups in total. The lowest BCUT2D eigenvalue weighted by Crippen LogP contribution is -2.29. The summed E-state index contributed by atoms with van der Waals surface area (Å²) in [6.07, 6.45) is 3.80. The van der Waals surface area contributed by atoms with Crippen LogP contribution in [0.3, 0.4) is 0 Å². The van der Waals surface area contributed by atoms with Crippen molar-refractivity contribution in [3.63, 3.8) is 0 Å². The Morgan fingerprint density at radius 1 is 1.00 bits per heavy atom. The van der Waals surface area contributed by atoms with E-state index in [2.05, 4.69) is 40.2 Å². The number of aromatic nitrogens is 1. The zero-order valence-electron chi connectivity index (χ0n) is 17.1. The number of rotatable bonds is 5. The number of ether oxygens (including phenoxy) is 1. The van der Waals surface area contributed by atoms with Gasteiger partial charge in [0.25, 0.3) is 0 Å². The molecule has 1 aliphatic heterocycles. The molecule has 4 nitrogen and oxygen atoms in total. The van der Waals surface area contributed by atoms with Gasteiger partial charge >= 0.3 is 0 Å². The van der Waals surface area contributed by atoms with E-state index in [1.165, 1.54) is 24.9 Å². The highest BCUT2D eigenvalue weighted by Gasteiger charge is 2.17. The quantitative estimate of drug-likeness (QED) is 0.486. The molecule has 0 unspecified atom stereocenters. The number of piperidine rings is 1. The molecule has 2 heterocycles. The largest absolute Gasteiger partial charge is 0.477 e. The summed E-state index contributed by atoms with van der Waals surface area (Å²) in [6.45, 7) is 4.55. The molecule has 1 saturated heterocycles. The van der Waals surface area contributed by atoms with Crippen LogP contribution in [0.15, 0.2) is 54.6 Å². The van der Waals surface area contributed by atoms with E-state index >= 15 is 0 Å². The molecule has 2 aromatic carbocycles. The van der Waals surface area contributed by atoms with Gasteiger partial charge < -0.3 is 9.64 Å². The number of halogens is 1. The van der Waals surface area contributed by atoms with Gasteiger partial charge in [-0.1, -0.05) is 35.9 Å². The number of pyridine rings is 1. The van der Waals surface area contributed by atoms with Crippen molar-refractivity contribution in [2.24, 2.45) is 0 Å². The SMILES string of the molecule is CCOc1nc(-c2ccc(Cl)cc2)cc(-c2ccc(N3CCCCC3)cc2)c1C#N. The van der Waals surface area contributed by atoms with Crippen LogP contribution >= 0.6 is 11.6 Å². The van der Waals surface area contributed by atoms with Gasteiger partial charge in [0.1, 0.15) is 11.6 Å². The number of hydrogen-bond donors (Lipinski definition) is 0. The zero-order chi connectivity index (χ0) is 20.9. The Bertz CT molecular complexity index is 1050. The van der Waals surface area contributed by atoms with E-state index in [0.717, 1.165) is 35.5 Å². The fourth-order valence-corrected chi connectivity index (χ4v) is 4.00. The lowest BCUT2D eigenvalue weighted by Gasteiger charge is -2.29. The van der Waals surface area contributed by atoms with Crippen LogP contribution in [0.25, 0.3) is 22.4 Å². The van der Waals surface area contributed by atoms with Crippen molar-refractivity contribution in [2.45, 2.75) is 26.2 Å². The molecule has 4 rings (SSSR count). The lowest BCUT2D eigenvalue weighted by molar-refractivity contribution is 0.326. The minimum absolute atomic E-state index is 0.363. The van der Waals surface area contributed by atoms with Gasteiger partial charge in [-0.15, -0.1) is 0 Å². The van der Waals surface area contributed by atoms with E-state index in [0.29, 0.717) is 23.1 Å². The molecule has 0 amide bonds. The summed E-state index contributed by atoms with van der Waals surface area (Å²) >= 11 is 6.04. The first-order chi connectivity index (χ1) is 14.7. The molecule has 0 aliphatic carbocycles. The highest BCUT2D eigenvalue weighted by molar-refractivity contribution is 6.30. The van der Waals surface area contributed by atoms with Crippen molar-refractivity contribution in [2.75, 3.05) is 24.6 Å². The maximum Gasteiger partial charge on any atom is 0.232 e. The third-order valence-electron chi connectivity index (χ3n) is 5.42. The van der Waals surface area contributed by atoms with E-state index in [9.17, 15) is 5.26 Å². The summed E-state index contributed by atoms with van der Waals surface area (Å²) in [5, 5.41) is 10.5. The Morgan fingerprint density at radius 2 is 1.67 bits per heavy atom. The van der Waals surface area contributed by atoms with Crippen LogP contribution in [0.5, 0.6) is 5.88 Å². The molecule has 0 atom stereocenters. The third kappa shape index (κ3) is 4.27. The highest BCUT2D eigenvalue weighted by Crippen LogP contribution is 2.35. The molecule has 1 aromatic heterocycles. The van der Waals surface area contributed by atoms with E-state index in [1.54, 1.807) is 0 Å². The van der Waals surface area contributed by atoms with E-state index < -0.39 is 0 Å². The summed E-state index contributed by atoms with van der Waals surface area (Å²) in [5.74, 6) is 0.363. The predicted octanol–water partition coefficient (Wildman–Crippen LogP) is 6.33. The van der Waals surface area contributed by atoms with Crippen LogP contribution in [0.4, 0.5) is 5.69 Å². The summed E-state index contributed by atoms with van der Waals surface area (Å²) in [7, 11) is 0. The monoisotopic (exact) mass is 417 g/mol. The molecule has 0 bridgehead atoms. The maximum atomic E-state index is 9.85. The number of benzene rings is 2. The van der Waals surface area contributed by atoms with Crippen molar-refractivity contribution in [1.29, 1.82) is 5.26 Å². The number of nitriles is 1. The molecule has 1 aliphatic rings. The van der Waals surface area contributed by atoms with Crippen LogP contribution in [0.1, 0.15) is 31.7 Å². The molecule has 5 heteroatoms. The van der Waals surface area contributed by atoms with Crippen molar-refractivity contribution in [1.82, 2.24) is 4.98 Å². The second-order valence-corrected chi connectivity index (χ2v) is 7.82. The smallest absolute Gasteiger partial charge is 0.232 e. The normalized spacial score (nSPS) is 13.7. The second kappa shape index (κ2) is 9.19. The second-order valence-electron chi connectivity index (χ2n) is 7.38. The molecular weight excluding hydrogens is 394 g/mol. The van der Waals surface area contributed by atoms with Gasteiger partial charge in [-0.05, 0) is 62.1 Å². The molecule has 0 radical (unpaired) electrons. The Labute approximate surface area is 182 Å². The standard InChI is InChI=1S/C25H24ClN3O/c1-2-30-25-23(17-27)22(16-24(28-25)19-6-10-20(26)11-7-19)18-8-12-21(13-9-18)29-14-4-3-5-15-29/h6-13,16H,2-5,14-15H2,1H3. The van der Waals surface area contributed by atoms with Crippen LogP contribution in [0, 0.1) is 11.3 Å². The lowest BCUT2D eigenvalue weighted by atomic mass is 9.98. The van der Waals surface area contributed by atoms with Gasteiger partial charge in [0.15, 0.2) is 0 Å². The Morgan fingerprint density at radius 3 is 2.30 bits per heavy atom. The molecule has 1 fully saturated rings. The maximum absolute atomic E-state index is 9.85. The fourth-order valence-electron chi connectivity index (χ4n) is 3.87. The first kappa shape index (κ1) is 20.3. The minimum atomic E-state index is 0.363. The van der Waals surface area contributed by atoms with Crippen molar-refractivity contribution in [3.8, 4) is 34.3 Å². The van der Waals surface area contributed by atoms with Crippen LogP contribution in [0.2, 0.25) is 5.02 Å². The van der Waals surface area contributed by atoms with Crippen molar-refractivity contribution < 1.29 is 4.74 Å². The third-order valence-corrected chi connectivity index (χ3v) is 5.67. The predicted molar refractivity (Wildman–Crippen MR) is 122 cm³/mol. The Balaban J connectivity index is 1.77. The van der Waals surface area contributed by atoms with Gasteiger partial charge in [0, 0.05) is 34.9 Å². The minimum Gasteiger partial charge on any atom is -0.477 e. The number of hydrogen-bond acceptors (Lipinski definition) is 4. The van der Waals surface area contributed by atoms with Gasteiger partial charge in [0.05, 0.1) is 12.3 Å². The van der Waals surface area contributed by atoms with Gasteiger partial charge in [-0.3, -0.25) is 0 Å². The highest BCUT2D eigenvalue weighted by atomic mass is 35.5. The number of anilines is 1.